The number of hydrogen-bond acceptors (Lipinski definition) is 2. The predicted molar refractivity (Wildman–Crippen MR) is 74.6 cm³/mol. The Kier molecular flexibility index (Phi) is 3.83. The van der Waals surface area contributed by atoms with Crippen LogP contribution in [0, 0.1) is 31.6 Å². The first-order valence-electron chi connectivity index (χ1n) is 6.81. The molecule has 1 aromatic carbocycles. The second kappa shape index (κ2) is 5.24. The highest BCUT2D eigenvalue weighted by Crippen LogP contribution is 2.45. The van der Waals surface area contributed by atoms with Crippen LogP contribution in [-0.2, 0) is 11.2 Å². The average Bonchev–Trinajstić information content (AvgIpc) is 3.13. The zero-order valence-electron chi connectivity index (χ0n) is 12.1. The summed E-state index contributed by atoms with van der Waals surface area (Å²) in [6.07, 6.45) is 1.79. The van der Waals surface area contributed by atoms with Gasteiger partial charge >= 0.3 is 5.97 Å². The van der Waals surface area contributed by atoms with Crippen LogP contribution in [0.25, 0.3) is 0 Å². The number of methoxy groups -OCH3 is 1. The molecule has 0 aliphatic heterocycles. The van der Waals surface area contributed by atoms with Crippen LogP contribution in [0.2, 0.25) is 0 Å². The second-order valence-corrected chi connectivity index (χ2v) is 5.77. The van der Waals surface area contributed by atoms with Crippen molar-refractivity contribution in [1.29, 1.82) is 0 Å². The third kappa shape index (κ3) is 2.91. The summed E-state index contributed by atoms with van der Waals surface area (Å²) in [6.45, 7) is 6.29. The molecule has 0 saturated heterocycles. The number of hydrogen-bond donors (Lipinski definition) is 1. The quantitative estimate of drug-likeness (QED) is 0.886. The Balaban J connectivity index is 2.07. The molecule has 0 heterocycles. The monoisotopic (exact) mass is 262 g/mol. The number of benzene rings is 1. The first kappa shape index (κ1) is 13.9. The van der Waals surface area contributed by atoms with Crippen LogP contribution in [0.4, 0.5) is 0 Å². The fourth-order valence-electron chi connectivity index (χ4n) is 2.92. The number of ether oxygens (including phenoxy) is 1. The van der Waals surface area contributed by atoms with Crippen LogP contribution in [0.3, 0.4) is 0 Å². The van der Waals surface area contributed by atoms with Gasteiger partial charge in [0.05, 0.1) is 13.0 Å². The summed E-state index contributed by atoms with van der Waals surface area (Å²) >= 11 is 0. The fraction of sp³-hybridized carbons (Fsp3) is 0.562. The molecule has 0 bridgehead atoms. The lowest BCUT2D eigenvalue weighted by atomic mass is 9.92. The summed E-state index contributed by atoms with van der Waals surface area (Å²) in [7, 11) is 1.69. The lowest BCUT2D eigenvalue weighted by molar-refractivity contribution is -0.139. The van der Waals surface area contributed by atoms with Gasteiger partial charge in [-0.1, -0.05) is 13.0 Å². The zero-order valence-corrected chi connectivity index (χ0v) is 12.1. The van der Waals surface area contributed by atoms with Gasteiger partial charge in [0.15, 0.2) is 0 Å². The lowest BCUT2D eigenvalue weighted by Gasteiger charge is -2.15. The number of rotatable bonds is 5. The first-order valence-corrected chi connectivity index (χ1v) is 6.81. The maximum atomic E-state index is 10.9. The van der Waals surface area contributed by atoms with Crippen molar-refractivity contribution in [1.82, 2.24) is 0 Å². The maximum absolute atomic E-state index is 10.9. The highest BCUT2D eigenvalue weighted by molar-refractivity contribution is 5.73. The average molecular weight is 262 g/mol. The van der Waals surface area contributed by atoms with Crippen LogP contribution in [-0.4, -0.2) is 18.2 Å². The van der Waals surface area contributed by atoms with Gasteiger partial charge in [-0.2, -0.15) is 0 Å². The molecule has 1 saturated carbocycles. The van der Waals surface area contributed by atoms with Crippen molar-refractivity contribution in [3.63, 3.8) is 0 Å². The van der Waals surface area contributed by atoms with Crippen molar-refractivity contribution in [2.75, 3.05) is 7.11 Å². The minimum absolute atomic E-state index is 0.116. The Bertz CT molecular complexity index is 493. The summed E-state index contributed by atoms with van der Waals surface area (Å²) in [6, 6.07) is 4.24. The minimum Gasteiger partial charge on any atom is -0.496 e. The molecule has 1 fully saturated rings. The summed E-state index contributed by atoms with van der Waals surface area (Å²) in [5.41, 5.74) is 3.67. The maximum Gasteiger partial charge on any atom is 0.306 e. The van der Waals surface area contributed by atoms with Crippen molar-refractivity contribution in [2.24, 2.45) is 17.8 Å². The van der Waals surface area contributed by atoms with E-state index in [-0.39, 0.29) is 5.92 Å². The van der Waals surface area contributed by atoms with Crippen LogP contribution < -0.4 is 4.74 Å². The van der Waals surface area contributed by atoms with Gasteiger partial charge in [-0.25, -0.2) is 0 Å². The van der Waals surface area contributed by atoms with E-state index in [2.05, 4.69) is 26.0 Å². The molecule has 104 valence electrons. The Morgan fingerprint density at radius 3 is 2.63 bits per heavy atom. The van der Waals surface area contributed by atoms with Crippen molar-refractivity contribution < 1.29 is 14.6 Å². The number of aliphatic carboxylic acids is 1. The first-order chi connectivity index (χ1) is 8.93. The van der Waals surface area contributed by atoms with E-state index in [1.165, 1.54) is 11.1 Å². The standard InChI is InChI=1S/C16H22O3/c1-9-7-15(19-4)11(3)6-12(9)5-10(2)13-8-14(13)16(17)18/h6-7,10,13-14H,5,8H2,1-4H3,(H,17,18). The van der Waals surface area contributed by atoms with Gasteiger partial charge in [0, 0.05) is 0 Å². The van der Waals surface area contributed by atoms with Gasteiger partial charge in [-0.05, 0) is 61.3 Å². The molecule has 3 unspecified atom stereocenters. The molecule has 3 atom stereocenters. The molecule has 0 amide bonds. The highest BCUT2D eigenvalue weighted by Gasteiger charge is 2.46. The van der Waals surface area contributed by atoms with Crippen molar-refractivity contribution in [3.8, 4) is 5.75 Å². The third-order valence-corrected chi connectivity index (χ3v) is 4.28. The fourth-order valence-corrected chi connectivity index (χ4v) is 2.92. The van der Waals surface area contributed by atoms with Crippen molar-refractivity contribution in [2.45, 2.75) is 33.6 Å². The van der Waals surface area contributed by atoms with Gasteiger partial charge < -0.3 is 9.84 Å². The predicted octanol–water partition coefficient (Wildman–Crippen LogP) is 3.21. The Morgan fingerprint density at radius 2 is 2.11 bits per heavy atom. The van der Waals surface area contributed by atoms with Gasteiger partial charge in [-0.3, -0.25) is 4.79 Å². The van der Waals surface area contributed by atoms with E-state index in [9.17, 15) is 4.79 Å². The number of carboxylic acid groups (broad SMARTS) is 1. The lowest BCUT2D eigenvalue weighted by Crippen LogP contribution is -2.09. The molecule has 3 nitrogen and oxygen atoms in total. The number of carboxylic acids is 1. The summed E-state index contributed by atoms with van der Waals surface area (Å²) in [5, 5.41) is 8.99. The second-order valence-electron chi connectivity index (χ2n) is 5.77. The number of aryl methyl sites for hydroxylation is 2. The summed E-state index contributed by atoms with van der Waals surface area (Å²) in [4.78, 5) is 10.9. The molecule has 1 N–H and O–H groups in total. The van der Waals surface area contributed by atoms with E-state index >= 15 is 0 Å². The van der Waals surface area contributed by atoms with Crippen molar-refractivity contribution >= 4 is 5.97 Å². The highest BCUT2D eigenvalue weighted by atomic mass is 16.5. The SMILES string of the molecule is COc1cc(C)c(CC(C)C2CC2C(=O)O)cc1C. The molecule has 1 aliphatic rings. The zero-order chi connectivity index (χ0) is 14.2. The number of carbonyl (C=O) groups is 1. The third-order valence-electron chi connectivity index (χ3n) is 4.28. The van der Waals surface area contributed by atoms with Crippen molar-refractivity contribution in [3.05, 3.63) is 28.8 Å². The Morgan fingerprint density at radius 1 is 1.42 bits per heavy atom. The van der Waals surface area contributed by atoms with E-state index in [1.807, 2.05) is 6.92 Å². The largest absolute Gasteiger partial charge is 0.496 e. The van der Waals surface area contributed by atoms with E-state index < -0.39 is 5.97 Å². The van der Waals surface area contributed by atoms with Crippen LogP contribution in [0.1, 0.15) is 30.0 Å². The molecule has 2 rings (SSSR count). The Labute approximate surface area is 114 Å². The molecular weight excluding hydrogens is 240 g/mol. The van der Waals surface area contributed by atoms with E-state index in [4.69, 9.17) is 9.84 Å². The van der Waals surface area contributed by atoms with Gasteiger partial charge in [0.25, 0.3) is 0 Å². The molecule has 0 spiro atoms. The summed E-state index contributed by atoms with van der Waals surface area (Å²) in [5.74, 6) is 0.935. The molecule has 1 aliphatic carbocycles. The molecule has 0 aromatic heterocycles. The van der Waals surface area contributed by atoms with Gasteiger partial charge in [-0.15, -0.1) is 0 Å². The molecule has 19 heavy (non-hydrogen) atoms. The van der Waals surface area contributed by atoms with E-state index in [1.54, 1.807) is 7.11 Å². The smallest absolute Gasteiger partial charge is 0.306 e. The molecular formula is C16H22O3. The van der Waals surface area contributed by atoms with Crippen LogP contribution in [0.5, 0.6) is 5.75 Å². The van der Waals surface area contributed by atoms with E-state index in [0.717, 1.165) is 24.2 Å². The Hall–Kier alpha value is -1.51. The van der Waals surface area contributed by atoms with Crippen LogP contribution in [0.15, 0.2) is 12.1 Å². The topological polar surface area (TPSA) is 46.5 Å². The normalized spacial score (nSPS) is 22.9. The van der Waals surface area contributed by atoms with E-state index in [0.29, 0.717) is 11.8 Å². The van der Waals surface area contributed by atoms with Crippen LogP contribution >= 0.6 is 0 Å². The molecule has 1 aromatic rings. The van der Waals surface area contributed by atoms with Gasteiger partial charge in [0.2, 0.25) is 0 Å². The minimum atomic E-state index is -0.639. The van der Waals surface area contributed by atoms with Gasteiger partial charge in [0.1, 0.15) is 5.75 Å². The molecule has 3 heteroatoms. The summed E-state index contributed by atoms with van der Waals surface area (Å²) < 4.78 is 5.32. The molecule has 0 radical (unpaired) electrons.